The first-order valence-electron chi connectivity index (χ1n) is 5.90. The minimum absolute atomic E-state index is 0.159. The van der Waals surface area contributed by atoms with Gasteiger partial charge in [0.25, 0.3) is 0 Å². The number of carbonyl (C=O) groups is 2. The molecule has 1 saturated heterocycles. The number of amides is 1. The molecule has 1 fully saturated rings. The van der Waals surface area contributed by atoms with Gasteiger partial charge < -0.3 is 5.32 Å². The van der Waals surface area contributed by atoms with Gasteiger partial charge in [-0.1, -0.05) is 13.8 Å². The van der Waals surface area contributed by atoms with Crippen LogP contribution in [0, 0.1) is 11.8 Å². The summed E-state index contributed by atoms with van der Waals surface area (Å²) < 4.78 is 0. The summed E-state index contributed by atoms with van der Waals surface area (Å²) in [6.07, 6.45) is 3.96. The molecule has 0 spiro atoms. The summed E-state index contributed by atoms with van der Waals surface area (Å²) in [6, 6.07) is 0. The average Bonchev–Trinajstić information content (AvgIpc) is 2.51. The van der Waals surface area contributed by atoms with Crippen LogP contribution in [0.5, 0.6) is 0 Å². The summed E-state index contributed by atoms with van der Waals surface area (Å²) in [5.74, 6) is 1.39. The molecule has 1 aliphatic heterocycles. The van der Waals surface area contributed by atoms with E-state index in [1.54, 1.807) is 0 Å². The number of rotatable bonds is 6. The van der Waals surface area contributed by atoms with Crippen LogP contribution in [0.4, 0.5) is 0 Å². The second-order valence-electron chi connectivity index (χ2n) is 4.71. The number of carbonyl (C=O) groups excluding carboxylic acids is 2. The van der Waals surface area contributed by atoms with Gasteiger partial charge in [-0.2, -0.15) is 0 Å². The van der Waals surface area contributed by atoms with Crippen molar-refractivity contribution in [2.45, 2.75) is 46.0 Å². The molecule has 2 unspecified atom stereocenters. The summed E-state index contributed by atoms with van der Waals surface area (Å²) >= 11 is 0. The molecule has 86 valence electrons. The molecular weight excluding hydrogens is 190 g/mol. The molecule has 3 nitrogen and oxygen atoms in total. The molecule has 0 radical (unpaired) electrons. The Kier molecular flexibility index (Phi) is 4.79. The maximum atomic E-state index is 11.4. The van der Waals surface area contributed by atoms with Crippen molar-refractivity contribution in [2.24, 2.45) is 11.8 Å². The average molecular weight is 211 g/mol. The largest absolute Gasteiger partial charge is 0.356 e. The first-order valence-corrected chi connectivity index (χ1v) is 5.90. The van der Waals surface area contributed by atoms with Crippen molar-refractivity contribution in [3.63, 3.8) is 0 Å². The van der Waals surface area contributed by atoms with Gasteiger partial charge in [-0.15, -0.1) is 0 Å². The SMILES string of the molecule is CCCC(=O)CC(C)CC1CNC(=O)C1. The van der Waals surface area contributed by atoms with Crippen molar-refractivity contribution in [1.82, 2.24) is 5.32 Å². The lowest BCUT2D eigenvalue weighted by molar-refractivity contribution is -0.120. The monoisotopic (exact) mass is 211 g/mol. The summed E-state index contributed by atoms with van der Waals surface area (Å²) in [7, 11) is 0. The van der Waals surface area contributed by atoms with Gasteiger partial charge in [-0.05, 0) is 24.7 Å². The highest BCUT2D eigenvalue weighted by atomic mass is 16.1. The van der Waals surface area contributed by atoms with E-state index in [1.165, 1.54) is 0 Å². The maximum absolute atomic E-state index is 11.4. The Morgan fingerprint density at radius 3 is 2.87 bits per heavy atom. The Morgan fingerprint density at radius 1 is 1.60 bits per heavy atom. The quantitative estimate of drug-likeness (QED) is 0.729. The highest BCUT2D eigenvalue weighted by Gasteiger charge is 2.23. The Labute approximate surface area is 91.6 Å². The Morgan fingerprint density at radius 2 is 2.33 bits per heavy atom. The molecular formula is C12H21NO2. The second kappa shape index (κ2) is 5.89. The molecule has 1 amide bonds. The lowest BCUT2D eigenvalue weighted by Gasteiger charge is -2.13. The molecule has 0 aromatic carbocycles. The van der Waals surface area contributed by atoms with Crippen molar-refractivity contribution >= 4 is 11.7 Å². The van der Waals surface area contributed by atoms with E-state index in [-0.39, 0.29) is 5.91 Å². The van der Waals surface area contributed by atoms with E-state index in [4.69, 9.17) is 0 Å². The van der Waals surface area contributed by atoms with E-state index in [9.17, 15) is 9.59 Å². The molecule has 3 heteroatoms. The number of ketones is 1. The van der Waals surface area contributed by atoms with Gasteiger partial charge in [-0.25, -0.2) is 0 Å². The first kappa shape index (κ1) is 12.2. The van der Waals surface area contributed by atoms with E-state index in [2.05, 4.69) is 12.2 Å². The lowest BCUT2D eigenvalue weighted by Crippen LogP contribution is -2.15. The van der Waals surface area contributed by atoms with Gasteiger partial charge >= 0.3 is 0 Å². The minimum atomic E-state index is 0.159. The van der Waals surface area contributed by atoms with Crippen molar-refractivity contribution in [3.8, 4) is 0 Å². The lowest BCUT2D eigenvalue weighted by atomic mass is 9.91. The second-order valence-corrected chi connectivity index (χ2v) is 4.71. The van der Waals surface area contributed by atoms with E-state index < -0.39 is 0 Å². The molecule has 15 heavy (non-hydrogen) atoms. The van der Waals surface area contributed by atoms with Crippen molar-refractivity contribution in [3.05, 3.63) is 0 Å². The van der Waals surface area contributed by atoms with Gasteiger partial charge in [0.15, 0.2) is 0 Å². The van der Waals surface area contributed by atoms with E-state index in [0.717, 1.165) is 19.4 Å². The first-order chi connectivity index (χ1) is 7.11. The molecule has 2 atom stereocenters. The van der Waals surface area contributed by atoms with Gasteiger partial charge in [0, 0.05) is 25.8 Å². The van der Waals surface area contributed by atoms with Crippen LogP contribution in [-0.4, -0.2) is 18.2 Å². The standard InChI is InChI=1S/C12H21NO2/c1-3-4-11(14)6-9(2)5-10-7-12(15)13-8-10/h9-10H,3-8H2,1-2H3,(H,13,15). The highest BCUT2D eigenvalue weighted by Crippen LogP contribution is 2.21. The Balaban J connectivity index is 2.20. The van der Waals surface area contributed by atoms with E-state index >= 15 is 0 Å². The van der Waals surface area contributed by atoms with Gasteiger partial charge in [0.05, 0.1) is 0 Å². The van der Waals surface area contributed by atoms with Crippen LogP contribution in [0.25, 0.3) is 0 Å². The topological polar surface area (TPSA) is 46.2 Å². The van der Waals surface area contributed by atoms with Crippen molar-refractivity contribution in [2.75, 3.05) is 6.54 Å². The smallest absolute Gasteiger partial charge is 0.220 e. The normalized spacial score (nSPS) is 22.5. The van der Waals surface area contributed by atoms with E-state index in [1.807, 2.05) is 6.92 Å². The molecule has 1 N–H and O–H groups in total. The van der Waals surface area contributed by atoms with Gasteiger partial charge in [-0.3, -0.25) is 9.59 Å². The fourth-order valence-electron chi connectivity index (χ4n) is 2.25. The van der Waals surface area contributed by atoms with Crippen LogP contribution >= 0.6 is 0 Å². The predicted octanol–water partition coefficient (Wildman–Crippen LogP) is 1.91. The zero-order valence-electron chi connectivity index (χ0n) is 9.71. The van der Waals surface area contributed by atoms with Crippen molar-refractivity contribution in [1.29, 1.82) is 0 Å². The molecule has 0 aliphatic carbocycles. The molecule has 1 heterocycles. The summed E-state index contributed by atoms with van der Waals surface area (Å²) in [5.41, 5.74) is 0. The third-order valence-corrected chi connectivity index (χ3v) is 2.90. The zero-order chi connectivity index (χ0) is 11.3. The third kappa shape index (κ3) is 4.45. The molecule has 0 aromatic rings. The number of nitrogens with one attached hydrogen (secondary N) is 1. The van der Waals surface area contributed by atoms with Crippen molar-refractivity contribution < 1.29 is 9.59 Å². The minimum Gasteiger partial charge on any atom is -0.356 e. The summed E-state index contributed by atoms with van der Waals surface area (Å²) in [6.45, 7) is 4.93. The number of Topliss-reactive ketones (excluding diaryl/α,β-unsaturated/α-hetero) is 1. The summed E-state index contributed by atoms with van der Waals surface area (Å²) in [4.78, 5) is 22.4. The highest BCUT2D eigenvalue weighted by molar-refractivity contribution is 5.79. The van der Waals surface area contributed by atoms with Crippen LogP contribution < -0.4 is 5.32 Å². The molecule has 0 bridgehead atoms. The van der Waals surface area contributed by atoms with Crippen LogP contribution in [0.2, 0.25) is 0 Å². The molecule has 0 aromatic heterocycles. The third-order valence-electron chi connectivity index (χ3n) is 2.90. The van der Waals surface area contributed by atoms with Gasteiger partial charge in [0.2, 0.25) is 5.91 Å². The van der Waals surface area contributed by atoms with Gasteiger partial charge in [0.1, 0.15) is 5.78 Å². The molecule has 0 saturated carbocycles. The number of hydrogen-bond acceptors (Lipinski definition) is 2. The predicted molar refractivity (Wildman–Crippen MR) is 59.4 cm³/mol. The van der Waals surface area contributed by atoms with E-state index in [0.29, 0.717) is 36.9 Å². The van der Waals surface area contributed by atoms with Crippen LogP contribution in [0.15, 0.2) is 0 Å². The maximum Gasteiger partial charge on any atom is 0.220 e. The van der Waals surface area contributed by atoms with Crippen LogP contribution in [0.3, 0.4) is 0 Å². The van der Waals surface area contributed by atoms with Crippen LogP contribution in [0.1, 0.15) is 46.0 Å². The van der Waals surface area contributed by atoms with Crippen LogP contribution in [-0.2, 0) is 9.59 Å². The Hall–Kier alpha value is -0.860. The Bertz CT molecular complexity index is 238. The molecule has 1 aliphatic rings. The summed E-state index contributed by atoms with van der Waals surface area (Å²) in [5, 5.41) is 2.83. The fraction of sp³-hybridized carbons (Fsp3) is 0.833. The zero-order valence-corrected chi connectivity index (χ0v) is 9.71. The fourth-order valence-corrected chi connectivity index (χ4v) is 2.25. The number of hydrogen-bond donors (Lipinski definition) is 1. The molecule has 1 rings (SSSR count).